The zero-order valence-electron chi connectivity index (χ0n) is 11.5. The lowest BCUT2D eigenvalue weighted by atomic mass is 10.0. The standard InChI is InChI=1S/C15H18N4O/c1-20-13-14(16)17-10-18-15(13)19-8-4-7-11-5-2-3-6-12(11)9-19/h2-3,5-6,10H,4,7-9H2,1H3,(H2,16,17,18). The van der Waals surface area contributed by atoms with E-state index in [0.717, 1.165) is 31.7 Å². The number of rotatable bonds is 2. The molecule has 2 aromatic rings. The van der Waals surface area contributed by atoms with Gasteiger partial charge in [-0.3, -0.25) is 0 Å². The summed E-state index contributed by atoms with van der Waals surface area (Å²) < 4.78 is 5.37. The van der Waals surface area contributed by atoms with Gasteiger partial charge in [-0.25, -0.2) is 9.97 Å². The largest absolute Gasteiger partial charge is 0.490 e. The van der Waals surface area contributed by atoms with Crippen molar-refractivity contribution >= 4 is 11.6 Å². The maximum Gasteiger partial charge on any atom is 0.204 e. The van der Waals surface area contributed by atoms with E-state index < -0.39 is 0 Å². The normalized spacial score (nSPS) is 14.6. The second-order valence-electron chi connectivity index (χ2n) is 4.91. The number of hydrogen-bond acceptors (Lipinski definition) is 5. The molecule has 5 nitrogen and oxygen atoms in total. The summed E-state index contributed by atoms with van der Waals surface area (Å²) in [5.74, 6) is 1.72. The molecule has 2 heterocycles. The summed E-state index contributed by atoms with van der Waals surface area (Å²) in [4.78, 5) is 10.6. The van der Waals surface area contributed by atoms with E-state index in [1.165, 1.54) is 17.5 Å². The average Bonchev–Trinajstić information content (AvgIpc) is 2.69. The van der Waals surface area contributed by atoms with Crippen LogP contribution in [0.2, 0.25) is 0 Å². The van der Waals surface area contributed by atoms with Crippen molar-refractivity contribution in [3.8, 4) is 5.75 Å². The Kier molecular flexibility index (Phi) is 3.41. The van der Waals surface area contributed by atoms with Crippen LogP contribution in [-0.2, 0) is 13.0 Å². The van der Waals surface area contributed by atoms with E-state index in [2.05, 4.69) is 39.1 Å². The van der Waals surface area contributed by atoms with Crippen LogP contribution in [0.15, 0.2) is 30.6 Å². The van der Waals surface area contributed by atoms with E-state index >= 15 is 0 Å². The second-order valence-corrected chi connectivity index (χ2v) is 4.91. The molecule has 0 saturated carbocycles. The zero-order chi connectivity index (χ0) is 13.9. The Morgan fingerprint density at radius 2 is 2.00 bits per heavy atom. The van der Waals surface area contributed by atoms with E-state index in [-0.39, 0.29) is 0 Å². The average molecular weight is 270 g/mol. The van der Waals surface area contributed by atoms with Crippen LogP contribution in [0, 0.1) is 0 Å². The molecule has 1 aliphatic rings. The lowest BCUT2D eigenvalue weighted by Crippen LogP contribution is -2.24. The minimum atomic E-state index is 0.384. The molecule has 5 heteroatoms. The van der Waals surface area contributed by atoms with Crippen molar-refractivity contribution < 1.29 is 4.74 Å². The highest BCUT2D eigenvalue weighted by Gasteiger charge is 2.20. The molecule has 1 aliphatic heterocycles. The number of fused-ring (bicyclic) bond motifs is 1. The molecule has 1 aromatic heterocycles. The summed E-state index contributed by atoms with van der Waals surface area (Å²) in [6.45, 7) is 1.75. The summed E-state index contributed by atoms with van der Waals surface area (Å²) in [5, 5.41) is 0. The Morgan fingerprint density at radius 3 is 2.80 bits per heavy atom. The number of nitrogen functional groups attached to an aromatic ring is 1. The minimum absolute atomic E-state index is 0.384. The highest BCUT2D eigenvalue weighted by Crippen LogP contribution is 2.32. The molecule has 0 atom stereocenters. The number of anilines is 2. The van der Waals surface area contributed by atoms with E-state index in [0.29, 0.717) is 11.6 Å². The Labute approximate surface area is 118 Å². The fraction of sp³-hybridized carbons (Fsp3) is 0.333. The highest BCUT2D eigenvalue weighted by atomic mass is 16.5. The number of nitrogens with zero attached hydrogens (tertiary/aromatic N) is 3. The van der Waals surface area contributed by atoms with E-state index in [1.54, 1.807) is 7.11 Å². The monoisotopic (exact) mass is 270 g/mol. The molecular formula is C15H18N4O. The van der Waals surface area contributed by atoms with E-state index in [1.807, 2.05) is 0 Å². The number of benzene rings is 1. The predicted octanol–water partition coefficient (Wildman–Crippen LogP) is 2.02. The van der Waals surface area contributed by atoms with Crippen LogP contribution in [-0.4, -0.2) is 23.6 Å². The third-order valence-corrected chi connectivity index (χ3v) is 3.67. The van der Waals surface area contributed by atoms with Gasteiger partial charge in [0.1, 0.15) is 6.33 Å². The minimum Gasteiger partial charge on any atom is -0.490 e. The van der Waals surface area contributed by atoms with Gasteiger partial charge in [0.05, 0.1) is 7.11 Å². The smallest absolute Gasteiger partial charge is 0.204 e. The molecule has 20 heavy (non-hydrogen) atoms. The fourth-order valence-electron chi connectivity index (χ4n) is 2.68. The predicted molar refractivity (Wildman–Crippen MR) is 78.8 cm³/mol. The summed E-state index contributed by atoms with van der Waals surface area (Å²) in [6.07, 6.45) is 3.67. The Hall–Kier alpha value is -2.30. The van der Waals surface area contributed by atoms with E-state index in [9.17, 15) is 0 Å². The SMILES string of the molecule is COc1c(N)ncnc1N1CCCc2ccccc2C1. The van der Waals surface area contributed by atoms with Crippen LogP contribution in [0.25, 0.3) is 0 Å². The molecule has 2 N–H and O–H groups in total. The topological polar surface area (TPSA) is 64.3 Å². The maximum atomic E-state index is 5.87. The Balaban J connectivity index is 1.98. The molecule has 104 valence electrons. The first kappa shape index (κ1) is 12.7. The third-order valence-electron chi connectivity index (χ3n) is 3.67. The molecular weight excluding hydrogens is 252 g/mol. The lowest BCUT2D eigenvalue weighted by Gasteiger charge is -2.24. The van der Waals surface area contributed by atoms with Gasteiger partial charge in [0.25, 0.3) is 0 Å². The van der Waals surface area contributed by atoms with Gasteiger partial charge in [-0.1, -0.05) is 24.3 Å². The van der Waals surface area contributed by atoms with Gasteiger partial charge >= 0.3 is 0 Å². The van der Waals surface area contributed by atoms with Gasteiger partial charge in [-0.15, -0.1) is 0 Å². The summed E-state index contributed by atoms with van der Waals surface area (Å²) in [7, 11) is 1.60. The van der Waals surface area contributed by atoms with Gasteiger partial charge in [0.15, 0.2) is 11.6 Å². The van der Waals surface area contributed by atoms with Crippen molar-refractivity contribution in [2.24, 2.45) is 0 Å². The van der Waals surface area contributed by atoms with Crippen LogP contribution in [0.4, 0.5) is 11.6 Å². The first-order chi connectivity index (χ1) is 9.79. The van der Waals surface area contributed by atoms with Crippen LogP contribution in [0.1, 0.15) is 17.5 Å². The van der Waals surface area contributed by atoms with Crippen molar-refractivity contribution in [1.82, 2.24) is 9.97 Å². The van der Waals surface area contributed by atoms with Crippen LogP contribution >= 0.6 is 0 Å². The van der Waals surface area contributed by atoms with E-state index in [4.69, 9.17) is 10.5 Å². The molecule has 0 saturated heterocycles. The Morgan fingerprint density at radius 1 is 1.20 bits per heavy atom. The van der Waals surface area contributed by atoms with Crippen LogP contribution in [0.5, 0.6) is 5.75 Å². The number of hydrogen-bond donors (Lipinski definition) is 1. The van der Waals surface area contributed by atoms with Crippen LogP contribution < -0.4 is 15.4 Å². The number of ether oxygens (including phenoxy) is 1. The zero-order valence-corrected chi connectivity index (χ0v) is 11.5. The first-order valence-corrected chi connectivity index (χ1v) is 6.76. The molecule has 0 unspecified atom stereocenters. The van der Waals surface area contributed by atoms with Crippen molar-refractivity contribution in [3.63, 3.8) is 0 Å². The van der Waals surface area contributed by atoms with Gasteiger partial charge in [-0.2, -0.15) is 0 Å². The highest BCUT2D eigenvalue weighted by molar-refractivity contribution is 5.63. The van der Waals surface area contributed by atoms with Crippen molar-refractivity contribution in [3.05, 3.63) is 41.7 Å². The molecule has 0 amide bonds. The number of nitrogens with two attached hydrogens (primary N) is 1. The van der Waals surface area contributed by atoms with Crippen molar-refractivity contribution in [1.29, 1.82) is 0 Å². The molecule has 1 aromatic carbocycles. The van der Waals surface area contributed by atoms with Crippen molar-refractivity contribution in [2.45, 2.75) is 19.4 Å². The second kappa shape index (κ2) is 5.36. The van der Waals surface area contributed by atoms with Gasteiger partial charge in [0.2, 0.25) is 5.75 Å². The Bertz CT molecular complexity index is 615. The van der Waals surface area contributed by atoms with Crippen molar-refractivity contribution in [2.75, 3.05) is 24.3 Å². The van der Waals surface area contributed by atoms with Gasteiger partial charge in [0, 0.05) is 13.1 Å². The number of methoxy groups -OCH3 is 1. The molecule has 0 aliphatic carbocycles. The summed E-state index contributed by atoms with van der Waals surface area (Å²) >= 11 is 0. The first-order valence-electron chi connectivity index (χ1n) is 6.76. The fourth-order valence-corrected chi connectivity index (χ4v) is 2.68. The third kappa shape index (κ3) is 2.27. The molecule has 0 spiro atoms. The summed E-state index contributed by atoms with van der Waals surface area (Å²) in [6, 6.07) is 8.54. The number of aryl methyl sites for hydroxylation is 1. The van der Waals surface area contributed by atoms with Gasteiger partial charge in [-0.05, 0) is 24.0 Å². The lowest BCUT2D eigenvalue weighted by molar-refractivity contribution is 0.412. The van der Waals surface area contributed by atoms with Gasteiger partial charge < -0.3 is 15.4 Å². The molecule has 0 fully saturated rings. The molecule has 0 bridgehead atoms. The molecule has 3 rings (SSSR count). The maximum absolute atomic E-state index is 5.87. The van der Waals surface area contributed by atoms with Crippen LogP contribution in [0.3, 0.4) is 0 Å². The number of aromatic nitrogens is 2. The summed E-state index contributed by atoms with van der Waals surface area (Å²) in [5.41, 5.74) is 8.62. The quantitative estimate of drug-likeness (QED) is 0.904. The molecule has 0 radical (unpaired) electrons.